The molecule has 2 aromatic rings. The van der Waals surface area contributed by atoms with Crippen LogP contribution in [0, 0.1) is 0 Å². The third kappa shape index (κ3) is 3.91. The van der Waals surface area contributed by atoms with Gasteiger partial charge in [-0.1, -0.05) is 23.5 Å². The van der Waals surface area contributed by atoms with E-state index in [0.717, 1.165) is 43.5 Å². The zero-order valence-corrected chi connectivity index (χ0v) is 16.8. The molecular weight excluding hydrogens is 362 g/mol. The summed E-state index contributed by atoms with van der Waals surface area (Å²) in [5.41, 5.74) is 2.62. The number of piperazine rings is 1. The molecule has 1 aromatic carbocycles. The minimum atomic E-state index is -0.121. The van der Waals surface area contributed by atoms with Crippen LogP contribution in [0.1, 0.15) is 37.9 Å². The molecule has 0 spiro atoms. The molecule has 2 atom stereocenters. The number of fused-ring (bicyclic) bond motifs is 1. The highest BCUT2D eigenvalue weighted by Crippen LogP contribution is 2.33. The molecule has 1 fully saturated rings. The van der Waals surface area contributed by atoms with Crippen molar-refractivity contribution in [2.75, 3.05) is 36.4 Å². The Balaban J connectivity index is 1.37. The number of amides is 1. The van der Waals surface area contributed by atoms with E-state index in [0.29, 0.717) is 11.2 Å². The zero-order valence-electron chi connectivity index (χ0n) is 15.9. The van der Waals surface area contributed by atoms with Crippen LogP contribution in [-0.2, 0) is 11.2 Å². The Labute approximate surface area is 163 Å². The molecule has 0 saturated carbocycles. The fourth-order valence-corrected chi connectivity index (χ4v) is 4.58. The molecule has 0 unspecified atom stereocenters. The third-order valence-corrected chi connectivity index (χ3v) is 6.14. The van der Waals surface area contributed by atoms with Crippen LogP contribution in [0.4, 0.5) is 10.3 Å². The monoisotopic (exact) mass is 387 g/mol. The van der Waals surface area contributed by atoms with E-state index in [1.165, 1.54) is 29.4 Å². The van der Waals surface area contributed by atoms with Gasteiger partial charge in [0.15, 0.2) is 0 Å². The minimum Gasteiger partial charge on any atom is -0.490 e. The Morgan fingerprint density at radius 3 is 2.81 bits per heavy atom. The first-order valence-electron chi connectivity index (χ1n) is 9.39. The van der Waals surface area contributed by atoms with Crippen molar-refractivity contribution in [3.63, 3.8) is 0 Å². The van der Waals surface area contributed by atoms with Crippen molar-refractivity contribution in [2.45, 2.75) is 39.3 Å². The number of hydrogen-bond acceptors (Lipinski definition) is 7. The van der Waals surface area contributed by atoms with Gasteiger partial charge in [-0.25, -0.2) is 0 Å². The summed E-state index contributed by atoms with van der Waals surface area (Å²) in [5.74, 6) is 0.925. The lowest BCUT2D eigenvalue weighted by Gasteiger charge is -2.38. The molecule has 144 valence electrons. The van der Waals surface area contributed by atoms with Crippen molar-refractivity contribution in [3.8, 4) is 5.75 Å². The summed E-state index contributed by atoms with van der Waals surface area (Å²) in [7, 11) is 0. The van der Waals surface area contributed by atoms with E-state index in [1.807, 2.05) is 0 Å². The summed E-state index contributed by atoms with van der Waals surface area (Å²) in [6.45, 7) is 9.58. The summed E-state index contributed by atoms with van der Waals surface area (Å²) >= 11 is 1.42. The zero-order chi connectivity index (χ0) is 19.0. The second-order valence-corrected chi connectivity index (χ2v) is 8.23. The van der Waals surface area contributed by atoms with Gasteiger partial charge in [0.25, 0.3) is 0 Å². The molecule has 7 nitrogen and oxygen atoms in total. The van der Waals surface area contributed by atoms with Gasteiger partial charge in [-0.05, 0) is 31.0 Å². The fraction of sp³-hybridized carbons (Fsp3) is 0.526. The van der Waals surface area contributed by atoms with Crippen LogP contribution in [0.5, 0.6) is 5.75 Å². The molecule has 3 heterocycles. The van der Waals surface area contributed by atoms with E-state index in [1.54, 1.807) is 0 Å². The summed E-state index contributed by atoms with van der Waals surface area (Å²) in [5, 5.41) is 12.4. The Kier molecular flexibility index (Phi) is 5.01. The molecule has 2 aliphatic rings. The Morgan fingerprint density at radius 2 is 2.07 bits per heavy atom. The SMILES string of the molecule is CC(=O)Nc1nnc(N2CCN([C@@H](C)c3ccc4c(c3)O[C@H](C)C4)CC2)s1. The number of nitrogens with zero attached hydrogens (tertiary/aromatic N) is 4. The van der Waals surface area contributed by atoms with Gasteiger partial charge in [-0.15, -0.1) is 10.2 Å². The Morgan fingerprint density at radius 1 is 1.30 bits per heavy atom. The number of carbonyl (C=O) groups is 1. The molecule has 2 aliphatic heterocycles. The van der Waals surface area contributed by atoms with Crippen LogP contribution in [0.25, 0.3) is 0 Å². The molecule has 1 N–H and O–H groups in total. The molecule has 0 radical (unpaired) electrons. The quantitative estimate of drug-likeness (QED) is 0.870. The fourth-order valence-electron chi connectivity index (χ4n) is 3.73. The third-order valence-electron chi connectivity index (χ3n) is 5.24. The number of carbonyl (C=O) groups excluding carboxylic acids is 1. The summed E-state index contributed by atoms with van der Waals surface area (Å²) in [6.07, 6.45) is 1.29. The first kappa shape index (κ1) is 18.2. The molecule has 8 heteroatoms. The Bertz CT molecular complexity index is 831. The predicted molar refractivity (Wildman–Crippen MR) is 107 cm³/mol. The van der Waals surface area contributed by atoms with E-state index >= 15 is 0 Å². The maximum atomic E-state index is 11.1. The van der Waals surface area contributed by atoms with Gasteiger partial charge < -0.3 is 15.0 Å². The van der Waals surface area contributed by atoms with Gasteiger partial charge in [0.1, 0.15) is 11.9 Å². The number of rotatable bonds is 4. The summed E-state index contributed by atoms with van der Waals surface area (Å²) in [6, 6.07) is 7.01. The van der Waals surface area contributed by atoms with Crippen molar-refractivity contribution in [3.05, 3.63) is 29.3 Å². The van der Waals surface area contributed by atoms with Crippen molar-refractivity contribution in [1.82, 2.24) is 15.1 Å². The van der Waals surface area contributed by atoms with Gasteiger partial charge in [0, 0.05) is 45.6 Å². The average molecular weight is 388 g/mol. The van der Waals surface area contributed by atoms with Crippen LogP contribution in [-0.4, -0.2) is 53.3 Å². The number of aromatic nitrogens is 2. The minimum absolute atomic E-state index is 0.121. The molecule has 1 aromatic heterocycles. The van der Waals surface area contributed by atoms with Crippen LogP contribution in [0.3, 0.4) is 0 Å². The van der Waals surface area contributed by atoms with Gasteiger partial charge in [0.2, 0.25) is 16.2 Å². The van der Waals surface area contributed by atoms with Crippen molar-refractivity contribution in [1.29, 1.82) is 0 Å². The molecule has 1 saturated heterocycles. The lowest BCUT2D eigenvalue weighted by atomic mass is 10.0. The number of hydrogen-bond donors (Lipinski definition) is 1. The maximum absolute atomic E-state index is 11.1. The normalized spacial score (nSPS) is 20.9. The van der Waals surface area contributed by atoms with Gasteiger partial charge in [-0.3, -0.25) is 9.69 Å². The first-order chi connectivity index (χ1) is 13.0. The highest BCUT2D eigenvalue weighted by atomic mass is 32.1. The van der Waals surface area contributed by atoms with Gasteiger partial charge in [-0.2, -0.15) is 0 Å². The van der Waals surface area contributed by atoms with Crippen molar-refractivity contribution in [2.24, 2.45) is 0 Å². The molecule has 27 heavy (non-hydrogen) atoms. The predicted octanol–water partition coefficient (Wildman–Crippen LogP) is 2.70. The molecular formula is C19H25N5O2S. The van der Waals surface area contributed by atoms with Gasteiger partial charge >= 0.3 is 0 Å². The Hall–Kier alpha value is -2.19. The number of ether oxygens (including phenoxy) is 1. The molecule has 0 bridgehead atoms. The standard InChI is InChI=1S/C19H25N5O2S/c1-12-10-16-5-4-15(11-17(16)26-12)13(2)23-6-8-24(9-7-23)19-22-21-18(27-19)20-14(3)25/h4-5,11-13H,6-10H2,1-3H3,(H,20,21,25)/t12-,13+/m1/s1. The van der Waals surface area contributed by atoms with E-state index in [-0.39, 0.29) is 12.0 Å². The van der Waals surface area contributed by atoms with Gasteiger partial charge in [0.05, 0.1) is 0 Å². The van der Waals surface area contributed by atoms with E-state index < -0.39 is 0 Å². The van der Waals surface area contributed by atoms with Crippen LogP contribution >= 0.6 is 11.3 Å². The van der Waals surface area contributed by atoms with Crippen molar-refractivity contribution < 1.29 is 9.53 Å². The molecule has 0 aliphatic carbocycles. The highest BCUT2D eigenvalue weighted by Gasteiger charge is 2.26. The van der Waals surface area contributed by atoms with E-state index in [2.05, 4.69) is 57.4 Å². The second-order valence-electron chi connectivity index (χ2n) is 7.27. The van der Waals surface area contributed by atoms with E-state index in [4.69, 9.17) is 4.74 Å². The first-order valence-corrected chi connectivity index (χ1v) is 10.2. The highest BCUT2D eigenvalue weighted by molar-refractivity contribution is 7.19. The number of anilines is 2. The number of benzene rings is 1. The van der Waals surface area contributed by atoms with Crippen molar-refractivity contribution >= 4 is 27.5 Å². The lowest BCUT2D eigenvalue weighted by molar-refractivity contribution is -0.114. The average Bonchev–Trinajstić information content (AvgIpc) is 3.25. The van der Waals surface area contributed by atoms with E-state index in [9.17, 15) is 4.79 Å². The van der Waals surface area contributed by atoms with Crippen LogP contribution < -0.4 is 15.0 Å². The molecule has 4 rings (SSSR count). The lowest BCUT2D eigenvalue weighted by Crippen LogP contribution is -2.47. The number of nitrogens with one attached hydrogen (secondary N) is 1. The topological polar surface area (TPSA) is 70.6 Å². The second kappa shape index (κ2) is 7.44. The molecule has 1 amide bonds. The van der Waals surface area contributed by atoms with Crippen LogP contribution in [0.2, 0.25) is 0 Å². The maximum Gasteiger partial charge on any atom is 0.223 e. The summed E-state index contributed by atoms with van der Waals surface area (Å²) in [4.78, 5) is 15.9. The smallest absolute Gasteiger partial charge is 0.223 e. The largest absolute Gasteiger partial charge is 0.490 e. The summed E-state index contributed by atoms with van der Waals surface area (Å²) < 4.78 is 5.92. The van der Waals surface area contributed by atoms with Crippen LogP contribution in [0.15, 0.2) is 18.2 Å².